The van der Waals surface area contributed by atoms with E-state index in [-0.39, 0.29) is 6.04 Å². The largest absolute Gasteiger partial charge is 0.355 e. The van der Waals surface area contributed by atoms with E-state index in [2.05, 4.69) is 15.9 Å². The highest BCUT2D eigenvalue weighted by molar-refractivity contribution is 7.91. The normalized spacial score (nSPS) is 17.2. The fourth-order valence-corrected chi connectivity index (χ4v) is 5.96. The molecule has 0 saturated heterocycles. The van der Waals surface area contributed by atoms with Gasteiger partial charge in [-0.3, -0.25) is 0 Å². The van der Waals surface area contributed by atoms with E-state index < -0.39 is 10.0 Å². The Labute approximate surface area is 157 Å². The number of aryl methyl sites for hydroxylation is 2. The third-order valence-electron chi connectivity index (χ3n) is 4.89. The number of nitrogens with zero attached hydrogens (tertiary/aromatic N) is 1. The molecular weight excluding hydrogens is 368 g/mol. The zero-order chi connectivity index (χ0) is 18.3. The Morgan fingerprint density at radius 2 is 2.00 bits per heavy atom. The Balaban J connectivity index is 1.62. The van der Waals surface area contributed by atoms with Crippen LogP contribution in [0.1, 0.15) is 41.3 Å². The topological polar surface area (TPSA) is 72.2 Å². The molecule has 0 bridgehead atoms. The summed E-state index contributed by atoms with van der Waals surface area (Å²) in [5.74, 6) is 0.636. The Morgan fingerprint density at radius 1 is 1.19 bits per heavy atom. The average Bonchev–Trinajstić information content (AvgIpc) is 3.23. The predicted octanol–water partition coefficient (Wildman–Crippen LogP) is 4.38. The van der Waals surface area contributed by atoms with Crippen molar-refractivity contribution in [1.82, 2.24) is 9.88 Å². The quantitative estimate of drug-likeness (QED) is 0.720. The third-order valence-corrected chi connectivity index (χ3v) is 7.94. The molecule has 0 spiro atoms. The lowest BCUT2D eigenvalue weighted by Crippen LogP contribution is -2.30. The van der Waals surface area contributed by atoms with Crippen LogP contribution in [0.15, 0.2) is 45.1 Å². The Kier molecular flexibility index (Phi) is 4.46. The predicted molar refractivity (Wildman–Crippen MR) is 102 cm³/mol. The summed E-state index contributed by atoms with van der Waals surface area (Å²) in [4.78, 5) is 0.771. The van der Waals surface area contributed by atoms with E-state index in [9.17, 15) is 8.42 Å². The number of hydrogen-bond acceptors (Lipinski definition) is 5. The maximum atomic E-state index is 12.9. The monoisotopic (exact) mass is 388 g/mol. The summed E-state index contributed by atoms with van der Waals surface area (Å²) in [5, 5.41) is 3.95. The molecular formula is C19H20N2O3S2. The molecule has 2 heterocycles. The van der Waals surface area contributed by atoms with E-state index >= 15 is 0 Å². The molecule has 2 aromatic heterocycles. The molecule has 136 valence electrons. The number of hydrogen-bond donors (Lipinski definition) is 1. The van der Waals surface area contributed by atoms with Crippen molar-refractivity contribution in [3.63, 3.8) is 0 Å². The lowest BCUT2D eigenvalue weighted by Gasteiger charge is -2.25. The number of aromatic nitrogens is 1. The van der Waals surface area contributed by atoms with Gasteiger partial charge in [-0.1, -0.05) is 29.4 Å². The summed E-state index contributed by atoms with van der Waals surface area (Å²) < 4.78 is 34.3. The summed E-state index contributed by atoms with van der Waals surface area (Å²) in [6.45, 7) is 3.79. The van der Waals surface area contributed by atoms with Crippen LogP contribution >= 0.6 is 11.3 Å². The van der Waals surface area contributed by atoms with E-state index in [1.165, 1.54) is 16.9 Å². The van der Waals surface area contributed by atoms with Gasteiger partial charge in [-0.25, -0.2) is 13.1 Å². The first-order valence-corrected chi connectivity index (χ1v) is 10.9. The second-order valence-corrected chi connectivity index (χ2v) is 9.63. The third kappa shape index (κ3) is 3.11. The maximum absolute atomic E-state index is 12.9. The van der Waals surface area contributed by atoms with Crippen molar-refractivity contribution in [2.75, 3.05) is 0 Å². The SMILES string of the molecule is Cc1noc(-c2ccc(S(=O)(=O)N[C@H]3CCCc4ccccc43)s2)c1C. The molecule has 4 rings (SSSR count). The van der Waals surface area contributed by atoms with Crippen molar-refractivity contribution in [2.24, 2.45) is 0 Å². The molecule has 1 N–H and O–H groups in total. The van der Waals surface area contributed by atoms with Gasteiger partial charge in [0.1, 0.15) is 4.21 Å². The van der Waals surface area contributed by atoms with Crippen LogP contribution in [0.5, 0.6) is 0 Å². The number of thiophene rings is 1. The van der Waals surface area contributed by atoms with Gasteiger partial charge in [0.05, 0.1) is 10.6 Å². The average molecular weight is 389 g/mol. The molecule has 0 unspecified atom stereocenters. The van der Waals surface area contributed by atoms with Gasteiger partial charge in [-0.15, -0.1) is 11.3 Å². The fraction of sp³-hybridized carbons (Fsp3) is 0.316. The summed E-state index contributed by atoms with van der Waals surface area (Å²) in [7, 11) is -3.59. The molecule has 7 heteroatoms. The summed E-state index contributed by atoms with van der Waals surface area (Å²) in [6, 6.07) is 11.3. The highest BCUT2D eigenvalue weighted by atomic mass is 32.2. The first-order valence-electron chi connectivity index (χ1n) is 8.59. The van der Waals surface area contributed by atoms with Crippen LogP contribution in [0.3, 0.4) is 0 Å². The first-order chi connectivity index (χ1) is 12.5. The minimum Gasteiger partial charge on any atom is -0.355 e. The minimum absolute atomic E-state index is 0.176. The summed E-state index contributed by atoms with van der Waals surface area (Å²) >= 11 is 1.21. The second-order valence-electron chi connectivity index (χ2n) is 6.61. The number of rotatable bonds is 4. The van der Waals surface area contributed by atoms with E-state index in [0.29, 0.717) is 9.97 Å². The number of benzene rings is 1. The number of nitrogens with one attached hydrogen (secondary N) is 1. The molecule has 0 amide bonds. The Hall–Kier alpha value is -1.96. The Morgan fingerprint density at radius 3 is 2.77 bits per heavy atom. The number of sulfonamides is 1. The van der Waals surface area contributed by atoms with Crippen LogP contribution in [-0.2, 0) is 16.4 Å². The molecule has 5 nitrogen and oxygen atoms in total. The smallest absolute Gasteiger partial charge is 0.250 e. The van der Waals surface area contributed by atoms with Crippen LogP contribution in [0.2, 0.25) is 0 Å². The molecule has 0 aliphatic heterocycles. The standard InChI is InChI=1S/C19H20N2O3S2/c1-12-13(2)20-24-19(12)17-10-11-18(25-17)26(22,23)21-16-9-5-7-14-6-3-4-8-15(14)16/h3-4,6,8,10-11,16,21H,5,7,9H2,1-2H3/t16-/m0/s1. The highest BCUT2D eigenvalue weighted by Gasteiger charge is 2.27. The molecule has 1 aliphatic rings. The van der Waals surface area contributed by atoms with E-state index in [1.807, 2.05) is 32.0 Å². The molecule has 3 aromatic rings. The first kappa shape index (κ1) is 17.5. The van der Waals surface area contributed by atoms with Gasteiger partial charge in [-0.2, -0.15) is 0 Å². The van der Waals surface area contributed by atoms with Crippen molar-refractivity contribution in [3.8, 4) is 10.6 Å². The summed E-state index contributed by atoms with van der Waals surface area (Å²) in [6.07, 6.45) is 2.80. The van der Waals surface area contributed by atoms with Gasteiger partial charge < -0.3 is 4.52 Å². The van der Waals surface area contributed by atoms with E-state index in [1.54, 1.807) is 12.1 Å². The maximum Gasteiger partial charge on any atom is 0.250 e. The Bertz CT molecular complexity index is 1050. The zero-order valence-corrected chi connectivity index (χ0v) is 16.3. The highest BCUT2D eigenvalue weighted by Crippen LogP contribution is 2.35. The fourth-order valence-electron chi connectivity index (χ4n) is 3.35. The van der Waals surface area contributed by atoms with Gasteiger partial charge >= 0.3 is 0 Å². The van der Waals surface area contributed by atoms with Gasteiger partial charge in [0.15, 0.2) is 5.76 Å². The molecule has 1 atom stereocenters. The lowest BCUT2D eigenvalue weighted by molar-refractivity contribution is 0.427. The molecule has 0 fully saturated rings. The van der Waals surface area contributed by atoms with Gasteiger partial charge in [0.25, 0.3) is 10.0 Å². The van der Waals surface area contributed by atoms with E-state index in [0.717, 1.165) is 41.0 Å². The van der Waals surface area contributed by atoms with Crippen molar-refractivity contribution < 1.29 is 12.9 Å². The van der Waals surface area contributed by atoms with Crippen molar-refractivity contribution >= 4 is 21.4 Å². The number of fused-ring (bicyclic) bond motifs is 1. The summed E-state index contributed by atoms with van der Waals surface area (Å²) in [5.41, 5.74) is 4.06. The zero-order valence-electron chi connectivity index (χ0n) is 14.7. The molecule has 1 aromatic carbocycles. The lowest BCUT2D eigenvalue weighted by atomic mass is 9.88. The van der Waals surface area contributed by atoms with Crippen molar-refractivity contribution in [3.05, 3.63) is 58.8 Å². The van der Waals surface area contributed by atoms with Crippen LogP contribution < -0.4 is 4.72 Å². The molecule has 0 saturated carbocycles. The van der Waals surface area contributed by atoms with Crippen molar-refractivity contribution in [1.29, 1.82) is 0 Å². The molecule has 26 heavy (non-hydrogen) atoms. The van der Waals surface area contributed by atoms with Crippen LogP contribution in [-0.4, -0.2) is 13.6 Å². The van der Waals surface area contributed by atoms with Crippen LogP contribution in [0, 0.1) is 13.8 Å². The molecule has 0 radical (unpaired) electrons. The van der Waals surface area contributed by atoms with E-state index in [4.69, 9.17) is 4.52 Å². The van der Waals surface area contributed by atoms with Crippen LogP contribution in [0.25, 0.3) is 10.6 Å². The minimum atomic E-state index is -3.59. The molecule has 1 aliphatic carbocycles. The van der Waals surface area contributed by atoms with Gasteiger partial charge in [0, 0.05) is 11.6 Å². The van der Waals surface area contributed by atoms with Crippen LogP contribution in [0.4, 0.5) is 0 Å². The van der Waals surface area contributed by atoms with Gasteiger partial charge in [0.2, 0.25) is 0 Å². The van der Waals surface area contributed by atoms with Gasteiger partial charge in [-0.05, 0) is 56.4 Å². The van der Waals surface area contributed by atoms with Crippen molar-refractivity contribution in [2.45, 2.75) is 43.4 Å². The second kappa shape index (κ2) is 6.64.